The summed E-state index contributed by atoms with van der Waals surface area (Å²) in [5, 5.41) is 4.87. The average Bonchev–Trinajstić information content (AvgIpc) is 2.67. The van der Waals surface area contributed by atoms with Gasteiger partial charge in [-0.1, -0.05) is 30.3 Å². The Morgan fingerprint density at radius 3 is 2.21 bits per heavy atom. The first-order valence-corrected chi connectivity index (χ1v) is 10.8. The van der Waals surface area contributed by atoms with Gasteiger partial charge in [0.15, 0.2) is 6.10 Å². The minimum atomic E-state index is -3.57. The number of ether oxygens (including phenoxy) is 1. The summed E-state index contributed by atoms with van der Waals surface area (Å²) >= 11 is 0. The first-order valence-electron chi connectivity index (χ1n) is 9.33. The molecule has 0 aliphatic rings. The SMILES string of the molecule is CC(C)NS(=O)(=O)c1ccc(NC(=O)[C@@H](C)Oc2ccc3ccccc3c2)cc1. The number of rotatable bonds is 7. The molecule has 0 saturated heterocycles. The molecular weight excluding hydrogens is 388 g/mol. The lowest BCUT2D eigenvalue weighted by atomic mass is 10.1. The first-order chi connectivity index (χ1) is 13.7. The van der Waals surface area contributed by atoms with Crippen molar-refractivity contribution >= 4 is 32.4 Å². The summed E-state index contributed by atoms with van der Waals surface area (Å²) in [5.41, 5.74) is 0.493. The lowest BCUT2D eigenvalue weighted by Gasteiger charge is -2.15. The van der Waals surface area contributed by atoms with Crippen LogP contribution in [0.25, 0.3) is 10.8 Å². The highest BCUT2D eigenvalue weighted by atomic mass is 32.2. The smallest absolute Gasteiger partial charge is 0.265 e. The summed E-state index contributed by atoms with van der Waals surface area (Å²) in [6.07, 6.45) is -0.720. The molecule has 0 aromatic heterocycles. The molecule has 3 rings (SSSR count). The quantitative estimate of drug-likeness (QED) is 0.616. The van der Waals surface area contributed by atoms with Crippen molar-refractivity contribution in [3.63, 3.8) is 0 Å². The molecule has 1 atom stereocenters. The van der Waals surface area contributed by atoms with E-state index in [1.807, 2.05) is 42.5 Å². The predicted molar refractivity (Wildman–Crippen MR) is 115 cm³/mol. The predicted octanol–water partition coefficient (Wildman–Crippen LogP) is 3.93. The van der Waals surface area contributed by atoms with Gasteiger partial charge in [-0.05, 0) is 67.9 Å². The van der Waals surface area contributed by atoms with Crippen molar-refractivity contribution < 1.29 is 17.9 Å². The fourth-order valence-electron chi connectivity index (χ4n) is 2.84. The fourth-order valence-corrected chi connectivity index (χ4v) is 4.09. The van der Waals surface area contributed by atoms with Crippen LogP contribution >= 0.6 is 0 Å². The molecule has 0 spiro atoms. The molecule has 3 aromatic rings. The van der Waals surface area contributed by atoms with Gasteiger partial charge in [0.2, 0.25) is 10.0 Å². The fraction of sp³-hybridized carbons (Fsp3) is 0.227. The van der Waals surface area contributed by atoms with Gasteiger partial charge in [-0.2, -0.15) is 0 Å². The highest BCUT2D eigenvalue weighted by Gasteiger charge is 2.17. The largest absolute Gasteiger partial charge is 0.481 e. The molecule has 0 aliphatic heterocycles. The summed E-state index contributed by atoms with van der Waals surface area (Å²) < 4.78 is 32.6. The summed E-state index contributed by atoms with van der Waals surface area (Å²) in [6.45, 7) is 5.17. The van der Waals surface area contributed by atoms with Crippen LogP contribution in [0.2, 0.25) is 0 Å². The minimum absolute atomic E-state index is 0.143. The number of anilines is 1. The summed E-state index contributed by atoms with van der Waals surface area (Å²) in [6, 6.07) is 19.4. The van der Waals surface area contributed by atoms with E-state index in [1.165, 1.54) is 12.1 Å². The molecule has 0 radical (unpaired) electrons. The molecule has 1 amide bonds. The molecule has 0 fully saturated rings. The Hall–Kier alpha value is -2.90. The van der Waals surface area contributed by atoms with Crippen LogP contribution in [0.4, 0.5) is 5.69 Å². The van der Waals surface area contributed by atoms with Crippen molar-refractivity contribution in [2.24, 2.45) is 0 Å². The van der Waals surface area contributed by atoms with Crippen molar-refractivity contribution in [2.75, 3.05) is 5.32 Å². The summed E-state index contributed by atoms with van der Waals surface area (Å²) in [5.74, 6) is 0.279. The van der Waals surface area contributed by atoms with E-state index < -0.39 is 16.1 Å². The van der Waals surface area contributed by atoms with Gasteiger partial charge in [-0.3, -0.25) is 4.79 Å². The maximum atomic E-state index is 12.4. The Morgan fingerprint density at radius 1 is 0.897 bits per heavy atom. The number of benzene rings is 3. The van der Waals surface area contributed by atoms with Crippen LogP contribution in [0.15, 0.2) is 71.6 Å². The third kappa shape index (κ3) is 5.34. The Kier molecular flexibility index (Phi) is 6.20. The van der Waals surface area contributed by atoms with Gasteiger partial charge in [0, 0.05) is 11.7 Å². The standard InChI is InChI=1S/C22H24N2O4S/c1-15(2)24-29(26,27)21-12-9-19(10-13-21)23-22(25)16(3)28-20-11-8-17-6-4-5-7-18(17)14-20/h4-16,24H,1-3H3,(H,23,25)/t16-/m1/s1. The van der Waals surface area contributed by atoms with E-state index in [1.54, 1.807) is 32.9 Å². The third-order valence-corrected chi connectivity index (χ3v) is 5.90. The normalized spacial score (nSPS) is 12.7. The van der Waals surface area contributed by atoms with Crippen molar-refractivity contribution in [3.05, 3.63) is 66.7 Å². The molecule has 0 bridgehead atoms. The molecule has 29 heavy (non-hydrogen) atoms. The van der Waals surface area contributed by atoms with Gasteiger partial charge in [0.1, 0.15) is 5.75 Å². The lowest BCUT2D eigenvalue weighted by molar-refractivity contribution is -0.122. The number of carbonyl (C=O) groups is 1. The van der Waals surface area contributed by atoms with Gasteiger partial charge in [0.05, 0.1) is 4.90 Å². The van der Waals surface area contributed by atoms with Gasteiger partial charge < -0.3 is 10.1 Å². The van der Waals surface area contributed by atoms with Crippen molar-refractivity contribution in [1.29, 1.82) is 0 Å². The lowest BCUT2D eigenvalue weighted by Crippen LogP contribution is -2.31. The number of nitrogens with one attached hydrogen (secondary N) is 2. The van der Waals surface area contributed by atoms with Crippen molar-refractivity contribution in [3.8, 4) is 5.75 Å². The molecule has 7 heteroatoms. The highest BCUT2D eigenvalue weighted by Crippen LogP contribution is 2.22. The van der Waals surface area contributed by atoms with Gasteiger partial charge in [0.25, 0.3) is 5.91 Å². The summed E-state index contributed by atoms with van der Waals surface area (Å²) in [7, 11) is -3.57. The minimum Gasteiger partial charge on any atom is -0.481 e. The molecule has 152 valence electrons. The Balaban J connectivity index is 1.64. The molecule has 6 nitrogen and oxygen atoms in total. The molecule has 0 aliphatic carbocycles. The van der Waals surface area contributed by atoms with E-state index in [2.05, 4.69) is 10.0 Å². The second-order valence-corrected chi connectivity index (χ2v) is 8.77. The van der Waals surface area contributed by atoms with Crippen LogP contribution in [0.5, 0.6) is 5.75 Å². The van der Waals surface area contributed by atoms with Crippen LogP contribution in [0.3, 0.4) is 0 Å². The zero-order chi connectivity index (χ0) is 21.0. The number of carbonyl (C=O) groups excluding carboxylic acids is 1. The van der Waals surface area contributed by atoms with E-state index in [4.69, 9.17) is 4.74 Å². The van der Waals surface area contributed by atoms with Crippen LogP contribution in [-0.2, 0) is 14.8 Å². The number of fused-ring (bicyclic) bond motifs is 1. The van der Waals surface area contributed by atoms with E-state index in [0.29, 0.717) is 11.4 Å². The topological polar surface area (TPSA) is 84.5 Å². The second kappa shape index (κ2) is 8.63. The Labute approximate surface area is 170 Å². The maximum Gasteiger partial charge on any atom is 0.265 e. The van der Waals surface area contributed by atoms with E-state index in [0.717, 1.165) is 10.8 Å². The first kappa shape index (κ1) is 20.8. The third-order valence-electron chi connectivity index (χ3n) is 4.23. The zero-order valence-electron chi connectivity index (χ0n) is 16.5. The van der Waals surface area contributed by atoms with Crippen molar-refractivity contribution in [2.45, 2.75) is 37.8 Å². The van der Waals surface area contributed by atoms with Crippen LogP contribution in [0.1, 0.15) is 20.8 Å². The molecular formula is C22H24N2O4S. The monoisotopic (exact) mass is 412 g/mol. The highest BCUT2D eigenvalue weighted by molar-refractivity contribution is 7.89. The van der Waals surface area contributed by atoms with Crippen LogP contribution < -0.4 is 14.8 Å². The van der Waals surface area contributed by atoms with Gasteiger partial charge in [-0.25, -0.2) is 13.1 Å². The maximum absolute atomic E-state index is 12.4. The molecule has 2 N–H and O–H groups in total. The Morgan fingerprint density at radius 2 is 1.55 bits per heavy atom. The van der Waals surface area contributed by atoms with Crippen LogP contribution in [-0.4, -0.2) is 26.5 Å². The number of hydrogen-bond acceptors (Lipinski definition) is 4. The second-order valence-electron chi connectivity index (χ2n) is 7.06. The van der Waals surface area contributed by atoms with E-state index in [9.17, 15) is 13.2 Å². The molecule has 3 aromatic carbocycles. The molecule has 0 heterocycles. The number of amides is 1. The zero-order valence-corrected chi connectivity index (χ0v) is 17.4. The van der Waals surface area contributed by atoms with E-state index >= 15 is 0 Å². The summed E-state index contributed by atoms with van der Waals surface area (Å²) in [4.78, 5) is 12.6. The Bertz CT molecular complexity index is 1110. The van der Waals surface area contributed by atoms with Gasteiger partial charge in [-0.15, -0.1) is 0 Å². The van der Waals surface area contributed by atoms with Crippen LogP contribution in [0, 0.1) is 0 Å². The van der Waals surface area contributed by atoms with Crippen molar-refractivity contribution in [1.82, 2.24) is 4.72 Å². The van der Waals surface area contributed by atoms with Gasteiger partial charge >= 0.3 is 0 Å². The molecule has 0 unspecified atom stereocenters. The average molecular weight is 413 g/mol. The van der Waals surface area contributed by atoms with E-state index in [-0.39, 0.29) is 16.8 Å². The number of sulfonamides is 1. The number of hydrogen-bond donors (Lipinski definition) is 2. The molecule has 0 saturated carbocycles.